The molecule has 0 aliphatic rings. The zero-order valence-electron chi connectivity index (χ0n) is 13.7. The van der Waals surface area contributed by atoms with Gasteiger partial charge in [0.25, 0.3) is 11.5 Å². The molecule has 0 fully saturated rings. The first kappa shape index (κ1) is 17.2. The van der Waals surface area contributed by atoms with E-state index in [-0.39, 0.29) is 17.9 Å². The second-order valence-corrected chi connectivity index (χ2v) is 6.40. The van der Waals surface area contributed by atoms with Gasteiger partial charge in [-0.05, 0) is 17.0 Å². The molecule has 1 amide bonds. The quantitative estimate of drug-likeness (QED) is 0.662. The van der Waals surface area contributed by atoms with Crippen LogP contribution in [-0.2, 0) is 11.3 Å². The summed E-state index contributed by atoms with van der Waals surface area (Å²) in [5, 5.41) is 14.8. The van der Waals surface area contributed by atoms with Crippen molar-refractivity contribution in [1.29, 1.82) is 0 Å². The molecule has 3 rings (SSSR count). The molecule has 0 saturated carbocycles. The molecule has 2 heterocycles. The van der Waals surface area contributed by atoms with E-state index < -0.39 is 11.5 Å². The fourth-order valence-corrected chi connectivity index (χ4v) is 3.48. The average Bonchev–Trinajstić information content (AvgIpc) is 3.10. The minimum atomic E-state index is -0.600. The van der Waals surface area contributed by atoms with Crippen molar-refractivity contribution >= 4 is 27.5 Å². The maximum Gasteiger partial charge on any atom is 0.268 e. The standard InChI is InChI=1S/C18H18N2O4S/c1-24-9-8-19-17(22)14-15(21)16-13(7-10-25-16)20(18(14)23)11-12-5-3-2-4-6-12/h2-7,10,21H,8-9,11H2,1H3,(H,19,22). The van der Waals surface area contributed by atoms with Gasteiger partial charge in [-0.15, -0.1) is 11.3 Å². The predicted molar refractivity (Wildman–Crippen MR) is 97.5 cm³/mol. The molecule has 7 heteroatoms. The smallest absolute Gasteiger partial charge is 0.268 e. The lowest BCUT2D eigenvalue weighted by Crippen LogP contribution is -2.34. The molecule has 3 aromatic rings. The average molecular weight is 358 g/mol. The molecule has 6 nitrogen and oxygen atoms in total. The maximum atomic E-state index is 12.9. The summed E-state index contributed by atoms with van der Waals surface area (Å²) in [4.78, 5) is 25.3. The summed E-state index contributed by atoms with van der Waals surface area (Å²) in [5.41, 5.74) is 0.808. The van der Waals surface area contributed by atoms with E-state index in [0.717, 1.165) is 5.56 Å². The highest BCUT2D eigenvalue weighted by Gasteiger charge is 2.22. The van der Waals surface area contributed by atoms with Gasteiger partial charge in [0.1, 0.15) is 5.56 Å². The lowest BCUT2D eigenvalue weighted by atomic mass is 10.1. The van der Waals surface area contributed by atoms with Crippen LogP contribution >= 0.6 is 11.3 Å². The highest BCUT2D eigenvalue weighted by atomic mass is 32.1. The Morgan fingerprint density at radius 3 is 2.76 bits per heavy atom. The van der Waals surface area contributed by atoms with E-state index in [9.17, 15) is 14.7 Å². The van der Waals surface area contributed by atoms with Gasteiger partial charge in [-0.1, -0.05) is 30.3 Å². The van der Waals surface area contributed by atoms with Crippen molar-refractivity contribution in [2.75, 3.05) is 20.3 Å². The van der Waals surface area contributed by atoms with Gasteiger partial charge in [0.15, 0.2) is 5.75 Å². The first-order valence-electron chi connectivity index (χ1n) is 7.77. The number of rotatable bonds is 6. The molecule has 0 atom stereocenters. The molecule has 0 bridgehead atoms. The van der Waals surface area contributed by atoms with E-state index in [1.165, 1.54) is 23.0 Å². The van der Waals surface area contributed by atoms with Crippen LogP contribution in [0.5, 0.6) is 5.75 Å². The number of thiophene rings is 1. The largest absolute Gasteiger partial charge is 0.505 e. The van der Waals surface area contributed by atoms with Crippen LogP contribution in [0.15, 0.2) is 46.6 Å². The predicted octanol–water partition coefficient (Wildman–Crippen LogP) is 2.19. The molecule has 25 heavy (non-hydrogen) atoms. The van der Waals surface area contributed by atoms with E-state index in [1.807, 2.05) is 30.3 Å². The number of carbonyl (C=O) groups excluding carboxylic acids is 1. The lowest BCUT2D eigenvalue weighted by Gasteiger charge is -2.13. The Morgan fingerprint density at radius 1 is 1.28 bits per heavy atom. The molecule has 0 radical (unpaired) electrons. The maximum absolute atomic E-state index is 12.9. The number of aromatic nitrogens is 1. The lowest BCUT2D eigenvalue weighted by molar-refractivity contribution is 0.0932. The van der Waals surface area contributed by atoms with E-state index in [0.29, 0.717) is 23.4 Å². The number of benzene rings is 1. The summed E-state index contributed by atoms with van der Waals surface area (Å²) in [6.45, 7) is 0.910. The number of nitrogens with zero attached hydrogens (tertiary/aromatic N) is 1. The second kappa shape index (κ2) is 7.50. The third-order valence-corrected chi connectivity index (χ3v) is 4.76. The zero-order valence-corrected chi connectivity index (χ0v) is 14.5. The van der Waals surface area contributed by atoms with E-state index >= 15 is 0 Å². The first-order chi connectivity index (χ1) is 12.1. The summed E-state index contributed by atoms with van der Waals surface area (Å²) in [6.07, 6.45) is 0. The van der Waals surface area contributed by atoms with Crippen LogP contribution < -0.4 is 10.9 Å². The van der Waals surface area contributed by atoms with Crippen molar-refractivity contribution in [2.24, 2.45) is 0 Å². The summed E-state index contributed by atoms with van der Waals surface area (Å²) in [5.74, 6) is -0.870. The van der Waals surface area contributed by atoms with Crippen LogP contribution in [0.4, 0.5) is 0 Å². The molecule has 130 valence electrons. The summed E-state index contributed by atoms with van der Waals surface area (Å²) < 4.78 is 6.93. The highest BCUT2D eigenvalue weighted by Crippen LogP contribution is 2.31. The minimum Gasteiger partial charge on any atom is -0.505 e. The third kappa shape index (κ3) is 3.42. The molecular formula is C18H18N2O4S. The van der Waals surface area contributed by atoms with Crippen LogP contribution in [0.25, 0.3) is 10.2 Å². The third-order valence-electron chi connectivity index (χ3n) is 3.85. The number of fused-ring (bicyclic) bond motifs is 1. The molecule has 2 N–H and O–H groups in total. The Balaban J connectivity index is 2.08. The summed E-state index contributed by atoms with van der Waals surface area (Å²) in [7, 11) is 1.52. The normalized spacial score (nSPS) is 10.9. The van der Waals surface area contributed by atoms with Crippen LogP contribution in [0.3, 0.4) is 0 Å². The number of amides is 1. The number of ether oxygens (including phenoxy) is 1. The Kier molecular flexibility index (Phi) is 5.16. The van der Waals surface area contributed by atoms with Crippen molar-refractivity contribution in [3.63, 3.8) is 0 Å². The van der Waals surface area contributed by atoms with Gasteiger partial charge < -0.3 is 19.7 Å². The molecule has 0 unspecified atom stereocenters. The van der Waals surface area contributed by atoms with Gasteiger partial charge >= 0.3 is 0 Å². The van der Waals surface area contributed by atoms with E-state index in [4.69, 9.17) is 4.74 Å². The van der Waals surface area contributed by atoms with Crippen LogP contribution in [0.1, 0.15) is 15.9 Å². The number of hydrogen-bond acceptors (Lipinski definition) is 5. The Hall–Kier alpha value is -2.64. The Morgan fingerprint density at radius 2 is 2.04 bits per heavy atom. The SMILES string of the molecule is COCCNC(=O)c1c(O)c2sccc2n(Cc2ccccc2)c1=O. The molecular weight excluding hydrogens is 340 g/mol. The van der Waals surface area contributed by atoms with Gasteiger partial charge in [0, 0.05) is 13.7 Å². The number of hydrogen-bond donors (Lipinski definition) is 2. The van der Waals surface area contributed by atoms with Crippen molar-refractivity contribution in [2.45, 2.75) is 6.54 Å². The topological polar surface area (TPSA) is 80.6 Å². The van der Waals surface area contributed by atoms with Crippen LogP contribution in [-0.4, -0.2) is 35.8 Å². The molecule has 0 aliphatic heterocycles. The zero-order chi connectivity index (χ0) is 17.8. The number of pyridine rings is 1. The van der Waals surface area contributed by atoms with Crippen molar-refractivity contribution in [3.8, 4) is 5.75 Å². The number of aromatic hydroxyl groups is 1. The summed E-state index contributed by atoms with van der Waals surface area (Å²) in [6, 6.07) is 11.3. The number of methoxy groups -OCH3 is 1. The van der Waals surface area contributed by atoms with Crippen molar-refractivity contribution in [3.05, 3.63) is 63.3 Å². The van der Waals surface area contributed by atoms with Gasteiger partial charge in [-0.2, -0.15) is 0 Å². The van der Waals surface area contributed by atoms with Gasteiger partial charge in [0.05, 0.1) is 23.4 Å². The summed E-state index contributed by atoms with van der Waals surface area (Å²) >= 11 is 1.29. The molecule has 0 saturated heterocycles. The van der Waals surface area contributed by atoms with Crippen molar-refractivity contribution < 1.29 is 14.6 Å². The molecule has 0 spiro atoms. The second-order valence-electron chi connectivity index (χ2n) is 5.48. The Bertz CT molecular complexity index is 947. The fourth-order valence-electron chi connectivity index (χ4n) is 2.63. The highest BCUT2D eigenvalue weighted by molar-refractivity contribution is 7.17. The van der Waals surface area contributed by atoms with E-state index in [2.05, 4.69) is 5.32 Å². The molecule has 2 aromatic heterocycles. The number of carbonyl (C=O) groups is 1. The minimum absolute atomic E-state index is 0.234. The van der Waals surface area contributed by atoms with Gasteiger partial charge in [-0.25, -0.2) is 0 Å². The van der Waals surface area contributed by atoms with Crippen LogP contribution in [0.2, 0.25) is 0 Å². The monoisotopic (exact) mass is 358 g/mol. The van der Waals surface area contributed by atoms with Crippen LogP contribution in [0, 0.1) is 0 Å². The van der Waals surface area contributed by atoms with Crippen molar-refractivity contribution in [1.82, 2.24) is 9.88 Å². The fraction of sp³-hybridized carbons (Fsp3) is 0.222. The van der Waals surface area contributed by atoms with Gasteiger partial charge in [-0.3, -0.25) is 9.59 Å². The Labute approximate surface area is 148 Å². The number of nitrogens with one attached hydrogen (secondary N) is 1. The van der Waals surface area contributed by atoms with Gasteiger partial charge in [0.2, 0.25) is 0 Å². The van der Waals surface area contributed by atoms with E-state index in [1.54, 1.807) is 11.4 Å². The molecule has 0 aliphatic carbocycles. The first-order valence-corrected chi connectivity index (χ1v) is 8.65. The molecule has 1 aromatic carbocycles.